The Balaban J connectivity index is 0.000000224. The van der Waals surface area contributed by atoms with Gasteiger partial charge in [0.25, 0.3) is 0 Å². The topological polar surface area (TPSA) is 37.4 Å². The molecule has 8 aromatic rings. The Labute approximate surface area is 432 Å². The van der Waals surface area contributed by atoms with E-state index in [4.69, 9.17) is 0 Å². The second-order valence-corrected chi connectivity index (χ2v) is 20.4. The molecule has 0 aliphatic heterocycles. The number of hydrogen-bond acceptors (Lipinski definition) is 3. The summed E-state index contributed by atoms with van der Waals surface area (Å²) < 4.78 is 173. The average molecular weight is 1070 g/mol. The molecular formula is C59H44BF12NO2S. The van der Waals surface area contributed by atoms with Crippen molar-refractivity contribution in [2.75, 3.05) is 16.9 Å². The molecule has 1 unspecified atom stereocenters. The predicted molar refractivity (Wildman–Crippen MR) is 276 cm³/mol. The highest BCUT2D eigenvalue weighted by Crippen LogP contribution is 2.33. The molecule has 0 spiro atoms. The summed E-state index contributed by atoms with van der Waals surface area (Å²) in [7, 11) is -2.61. The molecule has 0 radical (unpaired) electrons. The zero-order valence-electron chi connectivity index (χ0n) is 40.1. The van der Waals surface area contributed by atoms with E-state index in [0.717, 1.165) is 72.9 Å². The fourth-order valence-electron chi connectivity index (χ4n) is 8.76. The first kappa shape index (κ1) is 55.9. The van der Waals surface area contributed by atoms with Crippen molar-refractivity contribution in [1.82, 2.24) is 0 Å². The quantitative estimate of drug-likeness (QED) is 0.0402. The fraction of sp³-hybridized carbons (Fsp3) is 0.136. The van der Waals surface area contributed by atoms with Gasteiger partial charge in [0.15, 0.2) is 20.9 Å². The summed E-state index contributed by atoms with van der Waals surface area (Å²) in [5, 5.41) is 2.81. The Kier molecular flexibility index (Phi) is 16.9. The molecule has 390 valence electrons. The molecule has 0 N–H and O–H groups in total. The number of hydrogen-bond donors (Lipinski definition) is 0. The maximum Gasteiger partial charge on any atom is 0.416 e. The number of alkyl halides is 12. The molecule has 0 amide bonds. The molecule has 17 heteroatoms. The summed E-state index contributed by atoms with van der Waals surface area (Å²) in [6, 6.07) is 51.2. The Morgan fingerprint density at radius 1 is 0.434 bits per heavy atom. The predicted octanol–water partition coefficient (Wildman–Crippen LogP) is 13.4. The van der Waals surface area contributed by atoms with Gasteiger partial charge in [0.2, 0.25) is 5.78 Å². The molecule has 0 fully saturated rings. The van der Waals surface area contributed by atoms with E-state index in [1.165, 1.54) is 11.1 Å². The highest BCUT2D eigenvalue weighted by molar-refractivity contribution is 8.07. The number of Topliss-reactive ketones (excluding diaryl/α,β-unsaturated/α-hetero) is 1. The van der Waals surface area contributed by atoms with Crippen molar-refractivity contribution in [2.45, 2.75) is 37.8 Å². The number of nitrogens with zero attached hydrogens (tertiary/aromatic N) is 1. The summed E-state index contributed by atoms with van der Waals surface area (Å²) in [5.41, 5.74) is 0.491. The van der Waals surface area contributed by atoms with Crippen molar-refractivity contribution in [3.63, 3.8) is 0 Å². The Morgan fingerprint density at radius 3 is 1.04 bits per heavy atom. The van der Waals surface area contributed by atoms with Gasteiger partial charge in [-0.25, -0.2) is 0 Å². The minimum atomic E-state index is -4.77. The van der Waals surface area contributed by atoms with Crippen molar-refractivity contribution >= 4 is 49.4 Å². The minimum absolute atomic E-state index is 0.0114. The lowest BCUT2D eigenvalue weighted by Gasteiger charge is -2.44. The number of rotatable bonds is 12. The molecular weight excluding hydrogens is 1030 g/mol. The van der Waals surface area contributed by atoms with Crippen LogP contribution in [0.4, 0.5) is 58.4 Å². The van der Waals surface area contributed by atoms with Crippen LogP contribution in [0.25, 0.3) is 0 Å². The monoisotopic (exact) mass is 1070 g/mol. The van der Waals surface area contributed by atoms with Gasteiger partial charge in [-0.3, -0.25) is 4.79 Å². The molecule has 0 saturated heterocycles. The normalized spacial score (nSPS) is 12.8. The van der Waals surface area contributed by atoms with Crippen LogP contribution < -0.4 is 26.8 Å². The molecule has 0 aromatic heterocycles. The van der Waals surface area contributed by atoms with Crippen molar-refractivity contribution < 1.29 is 61.7 Å². The van der Waals surface area contributed by atoms with Crippen molar-refractivity contribution in [3.05, 3.63) is 257 Å². The third-order valence-corrected chi connectivity index (χ3v) is 13.9. The van der Waals surface area contributed by atoms with E-state index in [2.05, 4.69) is 40.3 Å². The van der Waals surface area contributed by atoms with Crippen LogP contribution in [0.5, 0.6) is 0 Å². The largest absolute Gasteiger partial charge is 0.416 e. The number of halogens is 12. The van der Waals surface area contributed by atoms with Crippen molar-refractivity contribution in [3.8, 4) is 11.2 Å². The molecule has 76 heavy (non-hydrogen) atoms. The van der Waals surface area contributed by atoms with Gasteiger partial charge in [0.05, 0.1) is 22.3 Å². The van der Waals surface area contributed by atoms with Gasteiger partial charge in [0.1, 0.15) is 12.4 Å². The highest BCUT2D eigenvalue weighted by atomic mass is 32.2. The molecule has 0 bridgehead atoms. The fourth-order valence-corrected chi connectivity index (χ4v) is 9.83. The summed E-state index contributed by atoms with van der Waals surface area (Å²) in [4.78, 5) is 15.2. The third kappa shape index (κ3) is 14.1. The van der Waals surface area contributed by atoms with Gasteiger partial charge in [-0.15, -0.1) is 0 Å². The molecule has 0 heterocycles. The van der Waals surface area contributed by atoms with Crippen LogP contribution in [0.1, 0.15) is 49.3 Å². The number of anilines is 1. The molecule has 8 aromatic carbocycles. The first-order valence-corrected chi connectivity index (χ1v) is 25.3. The summed E-state index contributed by atoms with van der Waals surface area (Å²) in [6.07, 6.45) is -20.4. The number of carbonyl (C=O) groups excluding carboxylic acids is 1. The molecule has 8 rings (SSSR count). The first-order valence-electron chi connectivity index (χ1n) is 23.2. The maximum absolute atomic E-state index is 13.3. The number of benzene rings is 8. The van der Waals surface area contributed by atoms with Crippen LogP contribution in [0.15, 0.2) is 212 Å². The van der Waals surface area contributed by atoms with E-state index in [1.807, 2.05) is 91.0 Å². The lowest BCUT2D eigenvalue weighted by atomic mass is 9.13. The van der Waals surface area contributed by atoms with Gasteiger partial charge in [-0.1, -0.05) is 180 Å². The van der Waals surface area contributed by atoms with E-state index in [0.29, 0.717) is 54.1 Å². The summed E-state index contributed by atoms with van der Waals surface area (Å²) in [5.74, 6) is 2.67. The Bertz CT molecular complexity index is 3020. The van der Waals surface area contributed by atoms with Gasteiger partial charge in [-0.2, -0.15) is 74.5 Å². The third-order valence-electron chi connectivity index (χ3n) is 12.5. The van der Waals surface area contributed by atoms with Crippen LogP contribution in [0, 0.1) is 11.2 Å². The number of carbonyl (C=O) groups is 1. The molecule has 3 nitrogen and oxygen atoms in total. The second-order valence-electron chi connectivity index (χ2n) is 17.9. The molecule has 0 aliphatic rings. The SMILES string of the molecule is C[S+](=O)(C#Cc1ccccc1)CC(=O)c1ccc(N(Cc2ccccc2)Cc2ccccc2)cc1.FC(F)(F)c1ccc([B-](c2ccc(C(F)(F)F)cc2)(c2ccc(C(F)(F)F)cc2)c2ccc(C(F)(F)F)cc2)cc1. The van der Waals surface area contributed by atoms with Gasteiger partial charge >= 0.3 is 24.7 Å². The standard InChI is InChI=1S/C31H28NO2S.C28H16BF12/c1-35(34,22-21-26-11-5-2-6-12-26)25-31(33)29-17-19-30(20-18-29)32(23-27-13-7-3-8-14-27)24-28-15-9-4-10-16-28;30-25(31,32)17-1-9-21(10-2-17)29(22-11-3-18(4-12-22)26(33,34)35,23-13-5-19(6-14-23)27(36,37)38)24-15-7-20(8-16-24)28(39,40)41/h2-20H,23-25H2,1H3;1-16H/q+1;-1. The van der Waals surface area contributed by atoms with Gasteiger partial charge < -0.3 is 4.90 Å². The van der Waals surface area contributed by atoms with Crippen LogP contribution in [0.2, 0.25) is 0 Å². The second kappa shape index (κ2) is 23.0. The van der Waals surface area contributed by atoms with Crippen LogP contribution >= 0.6 is 0 Å². The van der Waals surface area contributed by atoms with Gasteiger partial charge in [0, 0.05) is 29.9 Å². The van der Waals surface area contributed by atoms with E-state index >= 15 is 0 Å². The van der Waals surface area contributed by atoms with Crippen LogP contribution in [-0.2, 0) is 51.9 Å². The molecule has 0 saturated carbocycles. The van der Waals surface area contributed by atoms with Crippen molar-refractivity contribution in [1.29, 1.82) is 0 Å². The highest BCUT2D eigenvalue weighted by Gasteiger charge is 2.38. The lowest BCUT2D eigenvalue weighted by Crippen LogP contribution is -2.74. The zero-order valence-corrected chi connectivity index (χ0v) is 40.9. The van der Waals surface area contributed by atoms with Crippen molar-refractivity contribution in [2.24, 2.45) is 0 Å². The van der Waals surface area contributed by atoms with Crippen LogP contribution in [-0.4, -0.2) is 23.9 Å². The lowest BCUT2D eigenvalue weighted by molar-refractivity contribution is -0.138. The molecule has 0 aliphatic carbocycles. The zero-order chi connectivity index (χ0) is 54.9. The first-order chi connectivity index (χ1) is 35.8. The summed E-state index contributed by atoms with van der Waals surface area (Å²) >= 11 is 0. The smallest absolute Gasteiger partial charge is 0.363 e. The average Bonchev–Trinajstić information content (AvgIpc) is 3.41. The minimum Gasteiger partial charge on any atom is -0.363 e. The summed E-state index contributed by atoms with van der Waals surface area (Å²) in [6.45, 7) is 1.50. The molecule has 1 atom stereocenters. The van der Waals surface area contributed by atoms with Gasteiger partial charge in [-0.05, 0) is 53.4 Å². The van der Waals surface area contributed by atoms with Crippen LogP contribution in [0.3, 0.4) is 0 Å². The Hall–Kier alpha value is -7.84. The Morgan fingerprint density at radius 2 is 0.737 bits per heavy atom. The number of ketones is 1. The van der Waals surface area contributed by atoms with E-state index in [1.54, 1.807) is 6.26 Å². The maximum atomic E-state index is 13.3. The van der Waals surface area contributed by atoms with E-state index in [-0.39, 0.29) is 33.4 Å². The van der Waals surface area contributed by atoms with E-state index in [9.17, 15) is 61.7 Å². The van der Waals surface area contributed by atoms with E-state index < -0.39 is 63.0 Å².